The third-order valence-corrected chi connectivity index (χ3v) is 5.32. The van der Waals surface area contributed by atoms with Gasteiger partial charge < -0.3 is 0 Å². The van der Waals surface area contributed by atoms with E-state index < -0.39 is 11.7 Å². The number of nitrogens with zero attached hydrogens (tertiary/aromatic N) is 2. The predicted octanol–water partition coefficient (Wildman–Crippen LogP) is 5.11. The van der Waals surface area contributed by atoms with Crippen molar-refractivity contribution in [3.63, 3.8) is 0 Å². The fourth-order valence-electron chi connectivity index (χ4n) is 3.92. The van der Waals surface area contributed by atoms with Crippen molar-refractivity contribution in [1.29, 1.82) is 0 Å². The molecule has 3 rings (SSSR count). The Bertz CT molecular complexity index is 743. The van der Waals surface area contributed by atoms with Gasteiger partial charge in [-0.3, -0.25) is 9.80 Å². The number of benzene rings is 2. The van der Waals surface area contributed by atoms with E-state index >= 15 is 0 Å². The number of halogens is 3. The Morgan fingerprint density at radius 1 is 0.889 bits per heavy atom. The van der Waals surface area contributed by atoms with E-state index in [2.05, 4.69) is 54.8 Å². The van der Waals surface area contributed by atoms with E-state index in [0.717, 1.165) is 31.3 Å². The normalized spacial score (nSPS) is 22.1. The number of hydrogen-bond acceptors (Lipinski definition) is 2. The highest BCUT2D eigenvalue weighted by atomic mass is 19.4. The van der Waals surface area contributed by atoms with Crippen molar-refractivity contribution < 1.29 is 13.2 Å². The minimum absolute atomic E-state index is 0.348. The molecule has 0 radical (unpaired) electrons. The summed E-state index contributed by atoms with van der Waals surface area (Å²) in [5.74, 6) is 0. The monoisotopic (exact) mass is 376 g/mol. The third kappa shape index (κ3) is 5.11. The molecule has 0 amide bonds. The first-order chi connectivity index (χ1) is 12.7. The molecule has 2 nitrogen and oxygen atoms in total. The van der Waals surface area contributed by atoms with Crippen LogP contribution in [0.1, 0.15) is 36.1 Å². The average Bonchev–Trinajstić information content (AvgIpc) is 2.59. The molecular weight excluding hydrogens is 349 g/mol. The van der Waals surface area contributed by atoms with Gasteiger partial charge in [0.05, 0.1) is 5.56 Å². The molecule has 1 aliphatic rings. The number of hydrogen-bond donors (Lipinski definition) is 0. The summed E-state index contributed by atoms with van der Waals surface area (Å²) in [4.78, 5) is 4.74. The molecule has 0 spiro atoms. The van der Waals surface area contributed by atoms with Gasteiger partial charge in [-0.15, -0.1) is 0 Å². The quantitative estimate of drug-likeness (QED) is 0.732. The maximum Gasteiger partial charge on any atom is 0.416 e. The van der Waals surface area contributed by atoms with Crippen molar-refractivity contribution in [2.24, 2.45) is 0 Å². The van der Waals surface area contributed by atoms with E-state index in [4.69, 9.17) is 0 Å². The molecule has 2 aromatic rings. The number of alkyl halides is 3. The maximum atomic E-state index is 12.9. The zero-order valence-electron chi connectivity index (χ0n) is 16.1. The van der Waals surface area contributed by atoms with Gasteiger partial charge in [0, 0.05) is 38.3 Å². The van der Waals surface area contributed by atoms with Crippen LogP contribution < -0.4 is 0 Å². The van der Waals surface area contributed by atoms with Crippen molar-refractivity contribution >= 4 is 0 Å². The molecular formula is C22H27F3N2. The fraction of sp³-hybridized carbons (Fsp3) is 0.455. The lowest BCUT2D eigenvalue weighted by Crippen LogP contribution is -2.55. The first kappa shape index (κ1) is 19.9. The SMILES string of the molecule is Cc1ccc(CN2C(C)CN(Cc3cccc(C(F)(F)F)c3)CC2C)cc1. The molecule has 2 aromatic carbocycles. The molecule has 1 heterocycles. The summed E-state index contributed by atoms with van der Waals surface area (Å²) < 4.78 is 38.8. The Balaban J connectivity index is 1.64. The summed E-state index contributed by atoms with van der Waals surface area (Å²) in [7, 11) is 0. The van der Waals surface area contributed by atoms with Gasteiger partial charge >= 0.3 is 6.18 Å². The molecule has 1 aliphatic heterocycles. The van der Waals surface area contributed by atoms with Crippen LogP contribution in [0.2, 0.25) is 0 Å². The van der Waals surface area contributed by atoms with E-state index in [-0.39, 0.29) is 0 Å². The molecule has 27 heavy (non-hydrogen) atoms. The lowest BCUT2D eigenvalue weighted by atomic mass is 10.0. The standard InChI is InChI=1S/C22H27F3N2/c1-16-7-9-19(10-8-16)15-27-17(2)12-26(13-18(27)3)14-20-5-4-6-21(11-20)22(23,24)25/h4-11,17-18H,12-15H2,1-3H3. The molecule has 146 valence electrons. The molecule has 0 N–H and O–H groups in total. The first-order valence-electron chi connectivity index (χ1n) is 9.42. The van der Waals surface area contributed by atoms with Gasteiger partial charge in [-0.25, -0.2) is 0 Å². The van der Waals surface area contributed by atoms with Crippen LogP contribution in [0.4, 0.5) is 13.2 Å². The van der Waals surface area contributed by atoms with Crippen LogP contribution in [0, 0.1) is 6.92 Å². The van der Waals surface area contributed by atoms with Crippen LogP contribution in [-0.4, -0.2) is 35.0 Å². The lowest BCUT2D eigenvalue weighted by molar-refractivity contribution is -0.137. The van der Waals surface area contributed by atoms with Crippen molar-refractivity contribution in [3.05, 3.63) is 70.8 Å². The molecule has 0 bridgehead atoms. The molecule has 2 atom stereocenters. The van der Waals surface area contributed by atoms with Crippen LogP contribution >= 0.6 is 0 Å². The van der Waals surface area contributed by atoms with E-state index in [1.54, 1.807) is 6.07 Å². The summed E-state index contributed by atoms with van der Waals surface area (Å²) in [6, 6.07) is 15.0. The molecule has 0 saturated carbocycles. The second-order valence-electron chi connectivity index (χ2n) is 7.75. The van der Waals surface area contributed by atoms with Crippen molar-refractivity contribution in [2.45, 2.75) is 52.1 Å². The Morgan fingerprint density at radius 2 is 1.52 bits per heavy atom. The maximum absolute atomic E-state index is 12.9. The Morgan fingerprint density at radius 3 is 2.11 bits per heavy atom. The van der Waals surface area contributed by atoms with Gasteiger partial charge in [0.1, 0.15) is 0 Å². The van der Waals surface area contributed by atoms with Crippen LogP contribution in [-0.2, 0) is 19.3 Å². The lowest BCUT2D eigenvalue weighted by Gasteiger charge is -2.44. The molecule has 1 saturated heterocycles. The summed E-state index contributed by atoms with van der Waals surface area (Å²) >= 11 is 0. The largest absolute Gasteiger partial charge is 0.416 e. The first-order valence-corrected chi connectivity index (χ1v) is 9.42. The molecule has 0 aliphatic carbocycles. The highest BCUT2D eigenvalue weighted by Crippen LogP contribution is 2.30. The zero-order chi connectivity index (χ0) is 19.6. The average molecular weight is 376 g/mol. The van der Waals surface area contributed by atoms with E-state index in [1.807, 2.05) is 0 Å². The fourth-order valence-corrected chi connectivity index (χ4v) is 3.92. The predicted molar refractivity (Wildman–Crippen MR) is 102 cm³/mol. The van der Waals surface area contributed by atoms with Crippen molar-refractivity contribution in [3.8, 4) is 0 Å². The van der Waals surface area contributed by atoms with Gasteiger partial charge in [0.25, 0.3) is 0 Å². The van der Waals surface area contributed by atoms with Crippen LogP contribution in [0.15, 0.2) is 48.5 Å². The second-order valence-corrected chi connectivity index (χ2v) is 7.75. The minimum Gasteiger partial charge on any atom is -0.296 e. The van der Waals surface area contributed by atoms with Gasteiger partial charge in [0.2, 0.25) is 0 Å². The van der Waals surface area contributed by atoms with E-state index in [1.165, 1.54) is 23.3 Å². The van der Waals surface area contributed by atoms with Crippen molar-refractivity contribution in [1.82, 2.24) is 9.80 Å². The molecule has 2 unspecified atom stereocenters. The van der Waals surface area contributed by atoms with Gasteiger partial charge in [-0.05, 0) is 38.0 Å². The zero-order valence-corrected chi connectivity index (χ0v) is 16.1. The highest BCUT2D eigenvalue weighted by Gasteiger charge is 2.32. The third-order valence-electron chi connectivity index (χ3n) is 5.32. The Hall–Kier alpha value is -1.85. The van der Waals surface area contributed by atoms with Crippen LogP contribution in [0.25, 0.3) is 0 Å². The number of aryl methyl sites for hydroxylation is 1. The number of rotatable bonds is 4. The van der Waals surface area contributed by atoms with Crippen LogP contribution in [0.5, 0.6) is 0 Å². The summed E-state index contributed by atoms with van der Waals surface area (Å²) in [6.07, 6.45) is -4.29. The molecule has 5 heteroatoms. The van der Waals surface area contributed by atoms with Crippen molar-refractivity contribution in [2.75, 3.05) is 13.1 Å². The van der Waals surface area contributed by atoms with E-state index in [0.29, 0.717) is 18.6 Å². The highest BCUT2D eigenvalue weighted by molar-refractivity contribution is 5.26. The minimum atomic E-state index is -4.29. The summed E-state index contributed by atoms with van der Waals surface area (Å²) in [5, 5.41) is 0. The van der Waals surface area contributed by atoms with Gasteiger partial charge in [-0.2, -0.15) is 13.2 Å². The van der Waals surface area contributed by atoms with Gasteiger partial charge in [0.15, 0.2) is 0 Å². The molecule has 1 fully saturated rings. The topological polar surface area (TPSA) is 6.48 Å². The summed E-state index contributed by atoms with van der Waals surface area (Å²) in [6.45, 7) is 9.64. The Labute approximate surface area is 159 Å². The molecule has 0 aromatic heterocycles. The second kappa shape index (κ2) is 8.03. The van der Waals surface area contributed by atoms with Gasteiger partial charge in [-0.1, -0.05) is 48.0 Å². The Kier molecular flexibility index (Phi) is 5.92. The van der Waals surface area contributed by atoms with E-state index in [9.17, 15) is 13.2 Å². The number of piperazine rings is 1. The van der Waals surface area contributed by atoms with Crippen LogP contribution in [0.3, 0.4) is 0 Å². The smallest absolute Gasteiger partial charge is 0.296 e. The summed E-state index contributed by atoms with van der Waals surface area (Å²) in [5.41, 5.74) is 2.70.